The molecule has 1 heterocycles. The van der Waals surface area contributed by atoms with Gasteiger partial charge in [0.2, 0.25) is 0 Å². The number of rotatable bonds is 1. The fraction of sp³-hybridized carbons (Fsp3) is 0.100. The van der Waals surface area contributed by atoms with Crippen molar-refractivity contribution in [3.05, 3.63) is 40.0 Å². The number of halogens is 2. The number of benzene rings is 1. The summed E-state index contributed by atoms with van der Waals surface area (Å²) in [4.78, 5) is 4.22. The summed E-state index contributed by atoms with van der Waals surface area (Å²) in [5.41, 5.74) is 7.24. The number of fused-ring (bicyclic) bond motifs is 1. The van der Waals surface area contributed by atoms with Gasteiger partial charge in [-0.15, -0.1) is 0 Å². The second kappa shape index (κ2) is 3.73. The lowest BCUT2D eigenvalue weighted by Gasteiger charge is -2.02. The Morgan fingerprint density at radius 2 is 2.00 bits per heavy atom. The van der Waals surface area contributed by atoms with Crippen LogP contribution in [0, 0.1) is 0 Å². The number of hydrogen-bond donors (Lipinski definition) is 1. The van der Waals surface area contributed by atoms with Crippen LogP contribution in [0.5, 0.6) is 0 Å². The van der Waals surface area contributed by atoms with Crippen LogP contribution in [0.25, 0.3) is 10.9 Å². The molecule has 2 nitrogen and oxygen atoms in total. The van der Waals surface area contributed by atoms with E-state index in [4.69, 9.17) is 28.9 Å². The summed E-state index contributed by atoms with van der Waals surface area (Å²) in [6.45, 7) is 0.465. The Hall–Kier alpha value is -0.830. The molecule has 0 amide bonds. The van der Waals surface area contributed by atoms with Gasteiger partial charge < -0.3 is 5.73 Å². The summed E-state index contributed by atoms with van der Waals surface area (Å²) in [6.07, 6.45) is 1.72. The van der Waals surface area contributed by atoms with E-state index in [1.807, 2.05) is 12.1 Å². The van der Waals surface area contributed by atoms with Crippen LogP contribution in [-0.4, -0.2) is 4.98 Å². The molecule has 0 aliphatic heterocycles. The maximum absolute atomic E-state index is 5.98. The molecule has 0 aliphatic rings. The number of aromatic nitrogens is 1. The quantitative estimate of drug-likeness (QED) is 0.813. The fourth-order valence-corrected chi connectivity index (χ4v) is 1.89. The van der Waals surface area contributed by atoms with E-state index >= 15 is 0 Å². The van der Waals surface area contributed by atoms with E-state index < -0.39 is 0 Å². The molecule has 0 saturated carbocycles. The molecule has 0 unspecified atom stereocenters. The molecule has 2 rings (SSSR count). The zero-order valence-electron chi connectivity index (χ0n) is 7.30. The molecule has 0 saturated heterocycles. The molecule has 0 atom stereocenters. The zero-order chi connectivity index (χ0) is 10.1. The van der Waals surface area contributed by atoms with Crippen molar-refractivity contribution in [1.29, 1.82) is 0 Å². The largest absolute Gasteiger partial charge is 0.326 e. The molecule has 14 heavy (non-hydrogen) atoms. The lowest BCUT2D eigenvalue weighted by atomic mass is 10.1. The highest BCUT2D eigenvalue weighted by Crippen LogP contribution is 2.26. The van der Waals surface area contributed by atoms with Gasteiger partial charge in [0.05, 0.1) is 10.5 Å². The second-order valence-corrected chi connectivity index (χ2v) is 3.85. The van der Waals surface area contributed by atoms with Crippen LogP contribution in [0.4, 0.5) is 0 Å². The first-order valence-corrected chi connectivity index (χ1v) is 4.90. The smallest absolute Gasteiger partial charge is 0.0889 e. The molecule has 1 aromatic heterocycles. The monoisotopic (exact) mass is 226 g/mol. The van der Waals surface area contributed by atoms with E-state index in [-0.39, 0.29) is 0 Å². The molecule has 2 aromatic rings. The number of nitrogens with zero attached hydrogens (tertiary/aromatic N) is 1. The van der Waals surface area contributed by atoms with Gasteiger partial charge in [-0.25, -0.2) is 0 Å². The standard InChI is InChI=1S/C10H8Cl2N2/c11-8-2-7-1-6(4-13)5-14-10(7)9(12)3-8/h1-3,5H,4,13H2. The molecule has 72 valence electrons. The summed E-state index contributed by atoms with van der Waals surface area (Å²) in [5.74, 6) is 0. The Kier molecular flexibility index (Phi) is 2.59. The van der Waals surface area contributed by atoms with Gasteiger partial charge in [-0.3, -0.25) is 4.98 Å². The molecule has 0 bridgehead atoms. The van der Waals surface area contributed by atoms with Crippen LogP contribution < -0.4 is 5.73 Å². The molecule has 0 radical (unpaired) electrons. The molecular weight excluding hydrogens is 219 g/mol. The highest BCUT2D eigenvalue weighted by molar-refractivity contribution is 6.38. The Morgan fingerprint density at radius 3 is 2.71 bits per heavy atom. The third-order valence-corrected chi connectivity index (χ3v) is 2.50. The molecular formula is C10H8Cl2N2. The third-order valence-electron chi connectivity index (χ3n) is 1.99. The summed E-state index contributed by atoms with van der Waals surface area (Å²) in [5, 5.41) is 2.10. The highest BCUT2D eigenvalue weighted by atomic mass is 35.5. The Balaban J connectivity index is 2.75. The lowest BCUT2D eigenvalue weighted by Crippen LogP contribution is -1.96. The SMILES string of the molecule is NCc1cnc2c(Cl)cc(Cl)cc2c1. The summed E-state index contributed by atoms with van der Waals surface area (Å²) < 4.78 is 0. The number of pyridine rings is 1. The molecule has 4 heteroatoms. The minimum atomic E-state index is 0.465. The van der Waals surface area contributed by atoms with Crippen LogP contribution in [0.15, 0.2) is 24.4 Å². The van der Waals surface area contributed by atoms with Gasteiger partial charge in [0.15, 0.2) is 0 Å². The van der Waals surface area contributed by atoms with Gasteiger partial charge in [-0.1, -0.05) is 23.2 Å². The first-order valence-electron chi connectivity index (χ1n) is 4.14. The van der Waals surface area contributed by atoms with E-state index in [9.17, 15) is 0 Å². The van der Waals surface area contributed by atoms with Gasteiger partial charge in [0, 0.05) is 23.2 Å². The molecule has 0 fully saturated rings. The van der Waals surface area contributed by atoms with Crippen LogP contribution in [-0.2, 0) is 6.54 Å². The summed E-state index contributed by atoms with van der Waals surface area (Å²) in [6, 6.07) is 5.45. The molecule has 0 spiro atoms. The summed E-state index contributed by atoms with van der Waals surface area (Å²) in [7, 11) is 0. The first kappa shape index (κ1) is 9.71. The van der Waals surface area contributed by atoms with E-state index in [0.717, 1.165) is 16.5 Å². The number of hydrogen-bond acceptors (Lipinski definition) is 2. The fourth-order valence-electron chi connectivity index (χ4n) is 1.33. The first-order chi connectivity index (χ1) is 6.70. The van der Waals surface area contributed by atoms with Crippen LogP contribution in [0.1, 0.15) is 5.56 Å². The third kappa shape index (κ3) is 1.69. The minimum absolute atomic E-state index is 0.465. The Morgan fingerprint density at radius 1 is 1.21 bits per heavy atom. The van der Waals surface area contributed by atoms with Gasteiger partial charge >= 0.3 is 0 Å². The molecule has 1 aromatic carbocycles. The van der Waals surface area contributed by atoms with Crippen molar-refractivity contribution in [2.45, 2.75) is 6.54 Å². The predicted molar refractivity (Wildman–Crippen MR) is 59.7 cm³/mol. The van der Waals surface area contributed by atoms with Crippen LogP contribution >= 0.6 is 23.2 Å². The van der Waals surface area contributed by atoms with Crippen molar-refractivity contribution in [3.8, 4) is 0 Å². The van der Waals surface area contributed by atoms with Crippen LogP contribution in [0.2, 0.25) is 10.0 Å². The normalized spacial score (nSPS) is 10.8. The maximum atomic E-state index is 5.98. The van der Waals surface area contributed by atoms with Crippen molar-refractivity contribution >= 4 is 34.1 Å². The van der Waals surface area contributed by atoms with Gasteiger partial charge in [0.25, 0.3) is 0 Å². The average Bonchev–Trinajstić information content (AvgIpc) is 2.16. The van der Waals surface area contributed by atoms with E-state index in [2.05, 4.69) is 4.98 Å². The van der Waals surface area contributed by atoms with Crippen molar-refractivity contribution in [3.63, 3.8) is 0 Å². The van der Waals surface area contributed by atoms with Gasteiger partial charge in [-0.05, 0) is 23.8 Å². The van der Waals surface area contributed by atoms with E-state index in [0.29, 0.717) is 16.6 Å². The van der Waals surface area contributed by atoms with Gasteiger partial charge in [0.1, 0.15) is 0 Å². The molecule has 2 N–H and O–H groups in total. The average molecular weight is 227 g/mol. The Labute approximate surface area is 91.6 Å². The van der Waals surface area contributed by atoms with Crippen LogP contribution in [0.3, 0.4) is 0 Å². The highest BCUT2D eigenvalue weighted by Gasteiger charge is 2.03. The predicted octanol–water partition coefficient (Wildman–Crippen LogP) is 3.00. The Bertz CT molecular complexity index is 483. The maximum Gasteiger partial charge on any atom is 0.0889 e. The van der Waals surface area contributed by atoms with Crippen molar-refractivity contribution in [2.24, 2.45) is 5.73 Å². The van der Waals surface area contributed by atoms with Crippen molar-refractivity contribution in [2.75, 3.05) is 0 Å². The second-order valence-electron chi connectivity index (χ2n) is 3.01. The van der Waals surface area contributed by atoms with Crippen molar-refractivity contribution < 1.29 is 0 Å². The van der Waals surface area contributed by atoms with Crippen molar-refractivity contribution in [1.82, 2.24) is 4.98 Å². The topological polar surface area (TPSA) is 38.9 Å². The van der Waals surface area contributed by atoms with E-state index in [1.165, 1.54) is 0 Å². The van der Waals surface area contributed by atoms with E-state index in [1.54, 1.807) is 12.3 Å². The van der Waals surface area contributed by atoms with Gasteiger partial charge in [-0.2, -0.15) is 0 Å². The summed E-state index contributed by atoms with van der Waals surface area (Å²) >= 11 is 11.9. The lowest BCUT2D eigenvalue weighted by molar-refractivity contribution is 1.06. The zero-order valence-corrected chi connectivity index (χ0v) is 8.81. The molecule has 0 aliphatic carbocycles. The number of nitrogens with two attached hydrogens (primary N) is 1. The minimum Gasteiger partial charge on any atom is -0.326 e.